The zero-order valence-electron chi connectivity index (χ0n) is 14.9. The van der Waals surface area contributed by atoms with E-state index >= 15 is 0 Å². The number of hydrogen-bond donors (Lipinski definition) is 2. The molecule has 1 fully saturated rings. The fraction of sp³-hybridized carbons (Fsp3) is 0.400. The second-order valence-corrected chi connectivity index (χ2v) is 7.93. The number of fused-ring (bicyclic) bond motifs is 1. The fourth-order valence-electron chi connectivity index (χ4n) is 3.79. The van der Waals surface area contributed by atoms with Gasteiger partial charge in [0.15, 0.2) is 0 Å². The maximum atomic E-state index is 12.8. The Labute approximate surface area is 157 Å². The van der Waals surface area contributed by atoms with Crippen molar-refractivity contribution in [3.05, 3.63) is 51.9 Å². The molecule has 4 rings (SSSR count). The van der Waals surface area contributed by atoms with Crippen molar-refractivity contribution in [3.8, 4) is 0 Å². The van der Waals surface area contributed by atoms with E-state index in [4.69, 9.17) is 0 Å². The molecular weight excluding hydrogens is 346 g/mol. The van der Waals surface area contributed by atoms with Gasteiger partial charge >= 0.3 is 0 Å². The summed E-state index contributed by atoms with van der Waals surface area (Å²) in [6.07, 6.45) is 4.26. The lowest BCUT2D eigenvalue weighted by Crippen LogP contribution is -2.38. The monoisotopic (exact) mass is 369 g/mol. The van der Waals surface area contributed by atoms with Crippen LogP contribution in [0.5, 0.6) is 0 Å². The molecule has 26 heavy (non-hydrogen) atoms. The highest BCUT2D eigenvalue weighted by molar-refractivity contribution is 7.14. The molecule has 1 aliphatic carbocycles. The van der Waals surface area contributed by atoms with Crippen LogP contribution in [0.3, 0.4) is 0 Å². The number of aryl methyl sites for hydroxylation is 2. The van der Waals surface area contributed by atoms with Gasteiger partial charge in [0.1, 0.15) is 5.00 Å². The molecule has 1 aromatic carbocycles. The van der Waals surface area contributed by atoms with Crippen LogP contribution in [0.2, 0.25) is 0 Å². The van der Waals surface area contributed by atoms with E-state index in [0.717, 1.165) is 38.8 Å². The molecule has 1 saturated heterocycles. The first kappa shape index (κ1) is 17.2. The predicted octanol–water partition coefficient (Wildman–Crippen LogP) is 2.92. The first-order chi connectivity index (χ1) is 12.6. The Morgan fingerprint density at radius 3 is 2.88 bits per heavy atom. The van der Waals surface area contributed by atoms with Crippen LogP contribution in [-0.4, -0.2) is 42.9 Å². The van der Waals surface area contributed by atoms with E-state index in [-0.39, 0.29) is 17.9 Å². The Balaban J connectivity index is 1.50. The quantitative estimate of drug-likeness (QED) is 0.871. The maximum Gasteiger partial charge on any atom is 0.256 e. The molecule has 2 aromatic rings. The molecule has 2 aliphatic rings. The van der Waals surface area contributed by atoms with Gasteiger partial charge in [-0.25, -0.2) is 0 Å². The van der Waals surface area contributed by atoms with Gasteiger partial charge in [-0.2, -0.15) is 0 Å². The lowest BCUT2D eigenvalue weighted by Gasteiger charge is -2.24. The summed E-state index contributed by atoms with van der Waals surface area (Å²) in [5.74, 6) is -0.189. The zero-order chi connectivity index (χ0) is 18.1. The normalized spacial score (nSPS) is 18.6. The number of likely N-dealkylation sites (N-methyl/N-ethyl adjacent to an activating group) is 1. The standard InChI is InChI=1S/C20H23N3O2S/c1-23(16-7-9-21-12-16)20(25)17-8-10-26-19(17)22-18(24)15-6-5-13-3-2-4-14(13)11-15/h5-6,8,10-11,16,21H,2-4,7,9,12H2,1H3,(H,22,24). The SMILES string of the molecule is CN(C(=O)c1ccsc1NC(=O)c1ccc2c(c1)CCC2)C1CCNC1. The summed E-state index contributed by atoms with van der Waals surface area (Å²) in [5.41, 5.74) is 3.85. The van der Waals surface area contributed by atoms with Crippen molar-refractivity contribution in [3.63, 3.8) is 0 Å². The maximum absolute atomic E-state index is 12.8. The van der Waals surface area contributed by atoms with Crippen LogP contribution < -0.4 is 10.6 Å². The molecule has 0 spiro atoms. The fourth-order valence-corrected chi connectivity index (χ4v) is 4.56. The third kappa shape index (κ3) is 3.27. The summed E-state index contributed by atoms with van der Waals surface area (Å²) in [7, 11) is 1.84. The largest absolute Gasteiger partial charge is 0.337 e. The van der Waals surface area contributed by atoms with Crippen LogP contribution in [0.4, 0.5) is 5.00 Å². The molecule has 1 unspecified atom stereocenters. The van der Waals surface area contributed by atoms with Gasteiger partial charge in [-0.3, -0.25) is 9.59 Å². The third-order valence-corrected chi connectivity index (χ3v) is 6.22. The first-order valence-electron chi connectivity index (χ1n) is 9.12. The smallest absolute Gasteiger partial charge is 0.256 e. The number of amides is 2. The molecule has 6 heteroatoms. The summed E-state index contributed by atoms with van der Waals surface area (Å²) < 4.78 is 0. The molecule has 1 atom stereocenters. The number of benzene rings is 1. The van der Waals surface area contributed by atoms with Crippen molar-refractivity contribution < 1.29 is 9.59 Å². The van der Waals surface area contributed by atoms with E-state index in [9.17, 15) is 9.59 Å². The molecule has 0 saturated carbocycles. The number of carbonyl (C=O) groups is 2. The minimum Gasteiger partial charge on any atom is -0.337 e. The number of nitrogens with zero attached hydrogens (tertiary/aromatic N) is 1. The minimum atomic E-state index is -0.151. The van der Waals surface area contributed by atoms with Crippen molar-refractivity contribution in [1.82, 2.24) is 10.2 Å². The van der Waals surface area contributed by atoms with E-state index in [2.05, 4.69) is 16.7 Å². The highest BCUT2D eigenvalue weighted by Gasteiger charge is 2.26. The molecule has 0 radical (unpaired) electrons. The summed E-state index contributed by atoms with van der Waals surface area (Å²) in [6.45, 7) is 1.76. The van der Waals surface area contributed by atoms with Gasteiger partial charge in [-0.1, -0.05) is 6.07 Å². The van der Waals surface area contributed by atoms with Gasteiger partial charge in [0.25, 0.3) is 11.8 Å². The number of rotatable bonds is 4. The summed E-state index contributed by atoms with van der Waals surface area (Å²) >= 11 is 1.39. The Morgan fingerprint density at radius 2 is 2.08 bits per heavy atom. The van der Waals surface area contributed by atoms with E-state index < -0.39 is 0 Å². The van der Waals surface area contributed by atoms with E-state index in [1.165, 1.54) is 22.5 Å². The third-order valence-electron chi connectivity index (χ3n) is 5.39. The van der Waals surface area contributed by atoms with E-state index in [1.54, 1.807) is 11.0 Å². The van der Waals surface area contributed by atoms with Gasteiger partial charge in [-0.05, 0) is 66.9 Å². The van der Waals surface area contributed by atoms with Crippen LogP contribution in [0.1, 0.15) is 44.7 Å². The lowest BCUT2D eigenvalue weighted by atomic mass is 10.1. The average Bonchev–Trinajstić information content (AvgIpc) is 3.40. The average molecular weight is 369 g/mol. The van der Waals surface area contributed by atoms with Crippen LogP contribution in [0, 0.1) is 0 Å². The molecule has 2 heterocycles. The van der Waals surface area contributed by atoms with Crippen LogP contribution in [0.25, 0.3) is 0 Å². The molecule has 1 aliphatic heterocycles. The summed E-state index contributed by atoms with van der Waals surface area (Å²) in [6, 6.07) is 7.93. The van der Waals surface area contributed by atoms with E-state index in [1.807, 2.05) is 24.6 Å². The van der Waals surface area contributed by atoms with Crippen LogP contribution >= 0.6 is 11.3 Å². The Hall–Kier alpha value is -2.18. The molecule has 2 amide bonds. The number of nitrogens with one attached hydrogen (secondary N) is 2. The predicted molar refractivity (Wildman–Crippen MR) is 104 cm³/mol. The van der Waals surface area contributed by atoms with Crippen LogP contribution in [0.15, 0.2) is 29.6 Å². The molecular formula is C20H23N3O2S. The van der Waals surface area contributed by atoms with Crippen LogP contribution in [-0.2, 0) is 12.8 Å². The molecule has 2 N–H and O–H groups in total. The molecule has 0 bridgehead atoms. The number of carbonyl (C=O) groups excluding carboxylic acids is 2. The van der Waals surface area contributed by atoms with Gasteiger partial charge in [0.05, 0.1) is 5.56 Å². The molecule has 1 aromatic heterocycles. The molecule has 136 valence electrons. The van der Waals surface area contributed by atoms with Crippen molar-refractivity contribution in [2.45, 2.75) is 31.7 Å². The van der Waals surface area contributed by atoms with E-state index in [0.29, 0.717) is 16.1 Å². The van der Waals surface area contributed by atoms with Gasteiger partial charge < -0.3 is 15.5 Å². The van der Waals surface area contributed by atoms with Crippen molar-refractivity contribution in [2.24, 2.45) is 0 Å². The van der Waals surface area contributed by atoms with Crippen molar-refractivity contribution >= 4 is 28.2 Å². The second kappa shape index (κ2) is 7.21. The highest BCUT2D eigenvalue weighted by Crippen LogP contribution is 2.27. The lowest BCUT2D eigenvalue weighted by molar-refractivity contribution is 0.0745. The minimum absolute atomic E-state index is 0.0378. The van der Waals surface area contributed by atoms with Crippen molar-refractivity contribution in [2.75, 3.05) is 25.5 Å². The summed E-state index contributed by atoms with van der Waals surface area (Å²) in [4.78, 5) is 27.3. The second-order valence-electron chi connectivity index (χ2n) is 7.02. The topological polar surface area (TPSA) is 61.4 Å². The number of anilines is 1. The van der Waals surface area contributed by atoms with Gasteiger partial charge in [0.2, 0.25) is 0 Å². The van der Waals surface area contributed by atoms with Gasteiger partial charge in [-0.15, -0.1) is 11.3 Å². The highest BCUT2D eigenvalue weighted by atomic mass is 32.1. The molecule has 5 nitrogen and oxygen atoms in total. The zero-order valence-corrected chi connectivity index (χ0v) is 15.7. The summed E-state index contributed by atoms with van der Waals surface area (Å²) in [5, 5.41) is 8.70. The Bertz CT molecular complexity index is 839. The van der Waals surface area contributed by atoms with Crippen molar-refractivity contribution in [1.29, 1.82) is 0 Å². The van der Waals surface area contributed by atoms with Gasteiger partial charge in [0, 0.05) is 25.2 Å². The number of thiophene rings is 1. The Morgan fingerprint density at radius 1 is 1.23 bits per heavy atom. The Kier molecular flexibility index (Phi) is 4.78. The first-order valence-corrected chi connectivity index (χ1v) is 10.00. The number of hydrogen-bond acceptors (Lipinski definition) is 4.